The Morgan fingerprint density at radius 1 is 1.25 bits per heavy atom. The maximum absolute atomic E-state index is 11.7. The topological polar surface area (TPSA) is 188 Å². The van der Waals surface area contributed by atoms with Crippen molar-refractivity contribution in [1.29, 1.82) is 0 Å². The van der Waals surface area contributed by atoms with E-state index in [9.17, 15) is 31.5 Å². The van der Waals surface area contributed by atoms with Gasteiger partial charge in [-0.15, -0.1) is 0 Å². The molecule has 13 nitrogen and oxygen atoms in total. The Morgan fingerprint density at radius 2 is 1.75 bits per heavy atom. The molecule has 0 saturated carbocycles. The van der Waals surface area contributed by atoms with Crippen LogP contribution >= 0.6 is 0 Å². The summed E-state index contributed by atoms with van der Waals surface area (Å²) >= 11 is 0. The molecule has 0 aliphatic carbocycles. The molecular formula is C9H16N2O11S2. The fraction of sp³-hybridized carbons (Fsp3) is 0.778. The van der Waals surface area contributed by atoms with Crippen molar-refractivity contribution in [2.45, 2.75) is 32.1 Å². The van der Waals surface area contributed by atoms with Crippen molar-refractivity contribution in [3.05, 3.63) is 0 Å². The van der Waals surface area contributed by atoms with Crippen LogP contribution in [0.25, 0.3) is 0 Å². The first-order valence-corrected chi connectivity index (χ1v) is 9.04. The van der Waals surface area contributed by atoms with E-state index in [1.54, 1.807) is 0 Å². The van der Waals surface area contributed by atoms with E-state index in [4.69, 9.17) is 9.11 Å². The van der Waals surface area contributed by atoms with Gasteiger partial charge in [-0.25, -0.2) is 9.10 Å². The highest BCUT2D eigenvalue weighted by Gasteiger charge is 2.58. The number of nitrogens with zero attached hydrogens (tertiary/aromatic N) is 2. The van der Waals surface area contributed by atoms with Gasteiger partial charge in [0.1, 0.15) is 12.1 Å². The predicted molar refractivity (Wildman–Crippen MR) is 73.7 cm³/mol. The zero-order chi connectivity index (χ0) is 19.0. The first kappa shape index (κ1) is 20.5. The van der Waals surface area contributed by atoms with Crippen LogP contribution in [0.15, 0.2) is 0 Å². The van der Waals surface area contributed by atoms with Crippen LogP contribution < -0.4 is 0 Å². The summed E-state index contributed by atoms with van der Waals surface area (Å²) in [7, 11) is -9.38. The van der Waals surface area contributed by atoms with Gasteiger partial charge < -0.3 is 9.84 Å². The van der Waals surface area contributed by atoms with E-state index in [1.165, 1.54) is 6.92 Å². The zero-order valence-electron chi connectivity index (χ0n) is 12.6. The molecule has 0 radical (unpaired) electrons. The third-order valence-electron chi connectivity index (χ3n) is 3.20. The van der Waals surface area contributed by atoms with Gasteiger partial charge >= 0.3 is 26.7 Å². The highest BCUT2D eigenvalue weighted by molar-refractivity contribution is 7.84. The number of hydroxylamine groups is 1. The molecule has 24 heavy (non-hydrogen) atoms. The van der Waals surface area contributed by atoms with Crippen LogP contribution in [0.3, 0.4) is 0 Å². The molecule has 2 amide bonds. The molecule has 1 fully saturated rings. The number of hydrogen-bond donors (Lipinski definition) is 3. The third kappa shape index (κ3) is 3.93. The number of aliphatic hydroxyl groups is 1. The lowest BCUT2D eigenvalue weighted by molar-refractivity contribution is -0.162. The van der Waals surface area contributed by atoms with E-state index < -0.39 is 61.2 Å². The van der Waals surface area contributed by atoms with Crippen molar-refractivity contribution >= 4 is 32.6 Å². The van der Waals surface area contributed by atoms with Gasteiger partial charge in [-0.05, 0) is 18.3 Å². The van der Waals surface area contributed by atoms with E-state index in [1.807, 2.05) is 0 Å². The second-order valence-corrected chi connectivity index (χ2v) is 7.36. The predicted octanol–water partition coefficient (Wildman–Crippen LogP) is -1.81. The largest absolute Gasteiger partial charge is 0.451 e. The number of β-lactam (4-membered cyclic amide) rings is 1. The average molecular weight is 392 g/mol. The van der Waals surface area contributed by atoms with E-state index in [2.05, 4.69) is 9.57 Å². The van der Waals surface area contributed by atoms with Gasteiger partial charge in [0, 0.05) is 0 Å². The molecule has 1 aliphatic heterocycles. The minimum Gasteiger partial charge on any atom is -0.442 e. The highest BCUT2D eigenvalue weighted by atomic mass is 32.2. The minimum atomic E-state index is -5.12. The summed E-state index contributed by atoms with van der Waals surface area (Å²) in [6.07, 6.45) is -4.57. The maximum Gasteiger partial charge on any atom is 0.451 e. The Bertz CT molecular complexity index is 716. The van der Waals surface area contributed by atoms with Crippen molar-refractivity contribution in [2.75, 3.05) is 7.11 Å². The second kappa shape index (κ2) is 6.77. The summed E-state index contributed by atoms with van der Waals surface area (Å²) in [5.74, 6) is -2.45. The summed E-state index contributed by atoms with van der Waals surface area (Å²) in [6.45, 7) is 2.26. The van der Waals surface area contributed by atoms with Crippen molar-refractivity contribution in [3.8, 4) is 0 Å². The van der Waals surface area contributed by atoms with E-state index in [0.717, 1.165) is 14.0 Å². The number of rotatable bonds is 6. The van der Waals surface area contributed by atoms with E-state index >= 15 is 0 Å². The number of carbonyl (C=O) groups excluding carboxylic acids is 2. The van der Waals surface area contributed by atoms with Crippen LogP contribution in [0.2, 0.25) is 0 Å². The van der Waals surface area contributed by atoms with Crippen molar-refractivity contribution in [3.63, 3.8) is 0 Å². The van der Waals surface area contributed by atoms with Crippen LogP contribution in [-0.2, 0) is 35.0 Å². The smallest absolute Gasteiger partial charge is 0.442 e. The van der Waals surface area contributed by atoms with Crippen molar-refractivity contribution in [1.82, 2.24) is 8.77 Å². The van der Waals surface area contributed by atoms with Crippen LogP contribution in [-0.4, -0.2) is 77.2 Å². The zero-order valence-corrected chi connectivity index (χ0v) is 14.3. The van der Waals surface area contributed by atoms with Gasteiger partial charge in [-0.2, -0.15) is 16.8 Å². The van der Waals surface area contributed by atoms with Crippen LogP contribution in [0, 0.1) is 5.92 Å². The molecule has 3 N–H and O–H groups in total. The molecule has 4 atom stereocenters. The van der Waals surface area contributed by atoms with Gasteiger partial charge in [0.25, 0.3) is 0 Å². The van der Waals surface area contributed by atoms with Crippen molar-refractivity contribution < 1.29 is 50.2 Å². The molecule has 15 heteroatoms. The Morgan fingerprint density at radius 3 is 2.08 bits per heavy atom. The highest BCUT2D eigenvalue weighted by Crippen LogP contribution is 2.35. The van der Waals surface area contributed by atoms with Gasteiger partial charge in [-0.1, -0.05) is 0 Å². The number of carbonyl (C=O) groups is 2. The molecule has 0 aromatic rings. The molecular weight excluding hydrogens is 376 g/mol. The van der Waals surface area contributed by atoms with Crippen molar-refractivity contribution in [2.24, 2.45) is 5.92 Å². The summed E-state index contributed by atoms with van der Waals surface area (Å²) in [5, 5.41) is 9.53. The first-order chi connectivity index (χ1) is 10.7. The molecule has 0 aromatic carbocycles. The molecule has 1 saturated heterocycles. The molecule has 140 valence electrons. The van der Waals surface area contributed by atoms with E-state index in [-0.39, 0.29) is 4.31 Å². The molecule has 0 bridgehead atoms. The maximum atomic E-state index is 11.7. The lowest BCUT2D eigenvalue weighted by Gasteiger charge is -2.47. The summed E-state index contributed by atoms with van der Waals surface area (Å²) in [4.78, 5) is 27.5. The lowest BCUT2D eigenvalue weighted by Crippen LogP contribution is -2.69. The minimum absolute atomic E-state index is 0.00702. The SMILES string of the molecule is CON(C(=O)O[C@@H](C)[C@@H]1[C@@H]([C@@H](C)O)C(=O)N1S(=O)(=O)O)S(=O)(=O)O. The van der Waals surface area contributed by atoms with Crippen LogP contribution in [0.5, 0.6) is 0 Å². The average Bonchev–Trinajstić information content (AvgIpc) is 2.31. The summed E-state index contributed by atoms with van der Waals surface area (Å²) in [6, 6.07) is -1.49. The Labute approximate surface area is 137 Å². The normalized spacial score (nSPS) is 24.1. The van der Waals surface area contributed by atoms with Crippen LogP contribution in [0.1, 0.15) is 13.8 Å². The molecule has 0 spiro atoms. The number of hydrogen-bond acceptors (Lipinski definition) is 9. The number of ether oxygens (including phenoxy) is 1. The second-order valence-electron chi connectivity index (χ2n) is 4.85. The first-order valence-electron chi connectivity index (χ1n) is 6.24. The van der Waals surface area contributed by atoms with Gasteiger partial charge in [0.15, 0.2) is 0 Å². The Kier molecular flexibility index (Phi) is 5.79. The molecule has 0 aromatic heterocycles. The Hall–Kier alpha value is -1.52. The molecule has 1 rings (SSSR count). The van der Waals surface area contributed by atoms with Gasteiger partial charge in [0.2, 0.25) is 5.91 Å². The standard InChI is InChI=1S/C9H16N2O11S2/c1-4(12)6-7(10(8(6)13)23(15,16)17)5(2)22-9(14)11(21-3)24(18,19)20/h4-7,12H,1-3H3,(H,15,16,17)(H,18,19,20)/t4-,5+,6-,7-/m1/s1. The van der Waals surface area contributed by atoms with Gasteiger partial charge in [0.05, 0.1) is 19.1 Å². The third-order valence-corrected chi connectivity index (χ3v) is 4.84. The van der Waals surface area contributed by atoms with Crippen LogP contribution in [0.4, 0.5) is 4.79 Å². The monoisotopic (exact) mass is 392 g/mol. The summed E-state index contributed by atoms with van der Waals surface area (Å²) < 4.78 is 66.1. The molecule has 1 aliphatic rings. The van der Waals surface area contributed by atoms with E-state index in [0.29, 0.717) is 0 Å². The Balaban J connectivity index is 3.04. The fourth-order valence-electron chi connectivity index (χ4n) is 2.28. The molecule has 0 unspecified atom stereocenters. The summed E-state index contributed by atoms with van der Waals surface area (Å²) in [5.41, 5.74) is 0. The lowest BCUT2D eigenvalue weighted by atomic mass is 9.83. The number of aliphatic hydroxyl groups excluding tert-OH is 1. The van der Waals surface area contributed by atoms with Gasteiger partial charge in [-0.3, -0.25) is 18.7 Å². The quantitative estimate of drug-likeness (QED) is 0.262. The number of amides is 2. The fourth-order valence-corrected chi connectivity index (χ4v) is 3.66. The molecule has 1 heterocycles.